The van der Waals surface area contributed by atoms with Gasteiger partial charge in [0.05, 0.1) is 10.6 Å². The van der Waals surface area contributed by atoms with Crippen LogP contribution < -0.4 is 0 Å². The Balaban J connectivity index is 2.54. The van der Waals surface area contributed by atoms with Crippen LogP contribution in [0.1, 0.15) is 28.5 Å². The molecule has 5 heteroatoms. The van der Waals surface area contributed by atoms with E-state index in [0.29, 0.717) is 10.9 Å². The van der Waals surface area contributed by atoms with E-state index in [2.05, 4.69) is 20.9 Å². The van der Waals surface area contributed by atoms with Gasteiger partial charge in [0.15, 0.2) is 5.82 Å². The average molecular weight is 343 g/mol. The van der Waals surface area contributed by atoms with Crippen molar-refractivity contribution in [2.24, 2.45) is 0 Å². The Hall–Kier alpha value is -1.26. The van der Waals surface area contributed by atoms with Gasteiger partial charge in [-0.3, -0.25) is 9.78 Å². The minimum absolute atomic E-state index is 0.0680. The number of halogens is 3. The van der Waals surface area contributed by atoms with E-state index in [9.17, 15) is 9.18 Å². The zero-order chi connectivity index (χ0) is 14.0. The molecule has 0 radical (unpaired) electrons. The van der Waals surface area contributed by atoms with Crippen LogP contribution in [0.4, 0.5) is 4.39 Å². The van der Waals surface area contributed by atoms with Crippen molar-refractivity contribution in [1.29, 1.82) is 0 Å². The fourth-order valence-corrected chi connectivity index (χ4v) is 2.23. The molecule has 0 bridgehead atoms. The van der Waals surface area contributed by atoms with Gasteiger partial charge in [0.1, 0.15) is 5.69 Å². The summed E-state index contributed by atoms with van der Waals surface area (Å²) in [4.78, 5) is 16.4. The highest BCUT2D eigenvalue weighted by Gasteiger charge is 2.20. The summed E-state index contributed by atoms with van der Waals surface area (Å²) in [6.07, 6.45) is 2.17. The number of nitrogens with zero attached hydrogens (tertiary/aromatic N) is 1. The zero-order valence-corrected chi connectivity index (χ0v) is 12.4. The largest absolute Gasteiger partial charge is 0.287 e. The van der Waals surface area contributed by atoms with E-state index < -0.39 is 11.6 Å². The lowest BCUT2D eigenvalue weighted by atomic mass is 10.0. The fourth-order valence-electron chi connectivity index (χ4n) is 1.76. The van der Waals surface area contributed by atoms with Gasteiger partial charge in [0.25, 0.3) is 0 Å². The lowest BCUT2D eigenvalue weighted by Gasteiger charge is -2.08. The van der Waals surface area contributed by atoms with Crippen molar-refractivity contribution in [2.75, 3.05) is 0 Å². The molecule has 1 aromatic heterocycles. The third-order valence-electron chi connectivity index (χ3n) is 2.77. The topological polar surface area (TPSA) is 30.0 Å². The summed E-state index contributed by atoms with van der Waals surface area (Å²) in [7, 11) is 0. The van der Waals surface area contributed by atoms with Crippen molar-refractivity contribution < 1.29 is 9.18 Å². The van der Waals surface area contributed by atoms with Crippen molar-refractivity contribution in [3.63, 3.8) is 0 Å². The Morgan fingerprint density at radius 1 is 1.42 bits per heavy atom. The molecular weight excluding hydrogens is 333 g/mol. The number of hydrogen-bond acceptors (Lipinski definition) is 2. The number of carbonyl (C=O) groups is 1. The van der Waals surface area contributed by atoms with E-state index in [1.807, 2.05) is 6.92 Å². The predicted molar refractivity (Wildman–Crippen MR) is 76.2 cm³/mol. The van der Waals surface area contributed by atoms with Crippen molar-refractivity contribution in [1.82, 2.24) is 4.98 Å². The van der Waals surface area contributed by atoms with Crippen molar-refractivity contribution in [3.05, 3.63) is 62.6 Å². The zero-order valence-electron chi connectivity index (χ0n) is 10.1. The van der Waals surface area contributed by atoms with Gasteiger partial charge in [0.2, 0.25) is 5.78 Å². The summed E-state index contributed by atoms with van der Waals surface area (Å²) in [5, 5.41) is -0.0974. The summed E-state index contributed by atoms with van der Waals surface area (Å²) in [5.74, 6) is -1.18. The van der Waals surface area contributed by atoms with Crippen LogP contribution in [0.25, 0.3) is 0 Å². The van der Waals surface area contributed by atoms with Crippen LogP contribution in [0.5, 0.6) is 0 Å². The van der Waals surface area contributed by atoms with E-state index in [0.717, 1.165) is 5.56 Å². The molecule has 0 fully saturated rings. The molecule has 19 heavy (non-hydrogen) atoms. The lowest BCUT2D eigenvalue weighted by molar-refractivity contribution is 0.102. The molecule has 1 heterocycles. The molecule has 0 N–H and O–H groups in total. The first-order valence-corrected chi connectivity index (χ1v) is 6.85. The van der Waals surface area contributed by atoms with Gasteiger partial charge >= 0.3 is 0 Å². The smallest absolute Gasteiger partial charge is 0.214 e. The molecule has 2 rings (SSSR count). The van der Waals surface area contributed by atoms with Crippen molar-refractivity contribution in [3.8, 4) is 0 Å². The number of pyridine rings is 1. The number of carbonyl (C=O) groups excluding carboxylic acids is 1. The molecule has 2 aromatic rings. The van der Waals surface area contributed by atoms with E-state index in [-0.39, 0.29) is 16.3 Å². The van der Waals surface area contributed by atoms with Gasteiger partial charge in [-0.25, -0.2) is 4.39 Å². The third-order valence-corrected chi connectivity index (χ3v) is 4.03. The maximum absolute atomic E-state index is 14.0. The second-order valence-corrected chi connectivity index (χ2v) is 5.15. The van der Waals surface area contributed by atoms with E-state index in [1.165, 1.54) is 12.3 Å². The summed E-state index contributed by atoms with van der Waals surface area (Å²) in [5.41, 5.74) is 0.981. The molecule has 0 saturated carbocycles. The first-order chi connectivity index (χ1) is 9.06. The molecule has 0 aliphatic rings. The van der Waals surface area contributed by atoms with Gasteiger partial charge < -0.3 is 0 Å². The minimum Gasteiger partial charge on any atom is -0.287 e. The number of aryl methyl sites for hydroxylation is 1. The molecule has 0 saturated heterocycles. The van der Waals surface area contributed by atoms with Crippen molar-refractivity contribution in [2.45, 2.75) is 13.3 Å². The molecule has 0 atom stereocenters. The van der Waals surface area contributed by atoms with Crippen LogP contribution in [0.2, 0.25) is 5.02 Å². The van der Waals surface area contributed by atoms with Crippen molar-refractivity contribution >= 4 is 33.3 Å². The fraction of sp³-hybridized carbons (Fsp3) is 0.143. The molecule has 2 nitrogen and oxygen atoms in total. The van der Waals surface area contributed by atoms with E-state index in [1.54, 1.807) is 18.2 Å². The van der Waals surface area contributed by atoms with E-state index >= 15 is 0 Å². The SMILES string of the molecule is CCc1cccnc1C(=O)c1ccc(Br)c(Cl)c1F. The first-order valence-electron chi connectivity index (χ1n) is 5.68. The molecule has 0 amide bonds. The second kappa shape index (κ2) is 5.80. The van der Waals surface area contributed by atoms with Gasteiger partial charge in [-0.15, -0.1) is 0 Å². The lowest BCUT2D eigenvalue weighted by Crippen LogP contribution is -2.10. The third kappa shape index (κ3) is 2.69. The number of ketones is 1. The molecule has 98 valence electrons. The second-order valence-electron chi connectivity index (χ2n) is 3.92. The van der Waals surface area contributed by atoms with Crippen LogP contribution in [0, 0.1) is 5.82 Å². The van der Waals surface area contributed by atoms with Gasteiger partial charge in [-0.05, 0) is 46.1 Å². The Labute approximate surface area is 123 Å². The molecule has 0 aliphatic heterocycles. The molecule has 0 aliphatic carbocycles. The van der Waals surface area contributed by atoms with Crippen LogP contribution in [0.15, 0.2) is 34.9 Å². The minimum atomic E-state index is -0.728. The molecule has 0 unspecified atom stereocenters. The number of benzene rings is 1. The van der Waals surface area contributed by atoms with Crippen LogP contribution in [0.3, 0.4) is 0 Å². The van der Waals surface area contributed by atoms with Crippen LogP contribution in [-0.2, 0) is 6.42 Å². The van der Waals surface area contributed by atoms with Gasteiger partial charge in [-0.1, -0.05) is 24.6 Å². The van der Waals surface area contributed by atoms with Gasteiger partial charge in [0, 0.05) is 10.7 Å². The number of aromatic nitrogens is 1. The summed E-state index contributed by atoms with van der Waals surface area (Å²) in [6, 6.07) is 6.51. The summed E-state index contributed by atoms with van der Waals surface area (Å²) < 4.78 is 14.4. The Kier molecular flexibility index (Phi) is 4.32. The summed E-state index contributed by atoms with van der Waals surface area (Å²) >= 11 is 8.91. The van der Waals surface area contributed by atoms with Gasteiger partial charge in [-0.2, -0.15) is 0 Å². The molecule has 0 spiro atoms. The summed E-state index contributed by atoms with van der Waals surface area (Å²) in [6.45, 7) is 1.92. The first kappa shape index (κ1) is 14.2. The van der Waals surface area contributed by atoms with Crippen LogP contribution in [-0.4, -0.2) is 10.8 Å². The normalized spacial score (nSPS) is 10.5. The van der Waals surface area contributed by atoms with Crippen LogP contribution >= 0.6 is 27.5 Å². The predicted octanol–water partition coefficient (Wildman–Crippen LogP) is 4.43. The molecule has 1 aromatic carbocycles. The maximum atomic E-state index is 14.0. The van der Waals surface area contributed by atoms with E-state index in [4.69, 9.17) is 11.6 Å². The highest BCUT2D eigenvalue weighted by atomic mass is 79.9. The molecular formula is C14H10BrClFNO. The Bertz CT molecular complexity index is 645. The highest BCUT2D eigenvalue weighted by Crippen LogP contribution is 2.28. The quantitative estimate of drug-likeness (QED) is 0.610. The maximum Gasteiger partial charge on any atom is 0.214 e. The Morgan fingerprint density at radius 3 is 2.84 bits per heavy atom. The monoisotopic (exact) mass is 341 g/mol. The highest BCUT2D eigenvalue weighted by molar-refractivity contribution is 9.10. The number of rotatable bonds is 3. The Morgan fingerprint density at radius 2 is 2.16 bits per heavy atom. The standard InChI is InChI=1S/C14H10BrClFNO/c1-2-8-4-3-7-18-13(8)14(19)9-5-6-10(15)11(16)12(9)17/h3-7H,2H2,1H3. The number of hydrogen-bond donors (Lipinski definition) is 0. The average Bonchev–Trinajstić information content (AvgIpc) is 2.44.